The van der Waals surface area contributed by atoms with Crippen molar-refractivity contribution in [2.24, 2.45) is 4.99 Å². The number of aliphatic imine (C=N–C) groups is 1. The fraction of sp³-hybridized carbons (Fsp3) is 0.444. The minimum Gasteiger partial charge on any atom is -0.356 e. The van der Waals surface area contributed by atoms with Crippen molar-refractivity contribution in [3.63, 3.8) is 0 Å². The predicted molar refractivity (Wildman–Crippen MR) is 115 cm³/mol. The molecule has 0 aliphatic rings. The first kappa shape index (κ1) is 21.8. The van der Waals surface area contributed by atoms with Crippen LogP contribution in [0.5, 0.6) is 0 Å². The SMILES string of the molecule is CN=C(NCCc1ccc(F)cc1C)NCCc1sc(C)nc1C.I. The van der Waals surface area contributed by atoms with Crippen LogP contribution in [0, 0.1) is 26.6 Å². The summed E-state index contributed by atoms with van der Waals surface area (Å²) in [5.41, 5.74) is 3.25. The van der Waals surface area contributed by atoms with Crippen molar-refractivity contribution in [1.29, 1.82) is 0 Å². The van der Waals surface area contributed by atoms with Gasteiger partial charge < -0.3 is 10.6 Å². The van der Waals surface area contributed by atoms with Crippen LogP contribution in [0.25, 0.3) is 0 Å². The summed E-state index contributed by atoms with van der Waals surface area (Å²) < 4.78 is 13.1. The lowest BCUT2D eigenvalue weighted by Gasteiger charge is -2.12. The maximum atomic E-state index is 13.1. The molecule has 1 aromatic carbocycles. The molecule has 1 aromatic heterocycles. The number of thiazole rings is 1. The number of aryl methyl sites for hydroxylation is 3. The van der Waals surface area contributed by atoms with Crippen LogP contribution in [-0.4, -0.2) is 31.1 Å². The zero-order valence-electron chi connectivity index (χ0n) is 15.1. The average Bonchev–Trinajstić information content (AvgIpc) is 2.85. The molecule has 4 nitrogen and oxygen atoms in total. The smallest absolute Gasteiger partial charge is 0.190 e. The number of aromatic nitrogens is 1. The van der Waals surface area contributed by atoms with Gasteiger partial charge >= 0.3 is 0 Å². The summed E-state index contributed by atoms with van der Waals surface area (Å²) in [6.07, 6.45) is 1.77. The summed E-state index contributed by atoms with van der Waals surface area (Å²) in [6.45, 7) is 7.59. The maximum absolute atomic E-state index is 13.1. The van der Waals surface area contributed by atoms with Crippen LogP contribution in [-0.2, 0) is 12.8 Å². The Hall–Kier alpha value is -1.22. The zero-order chi connectivity index (χ0) is 17.5. The number of hydrogen-bond donors (Lipinski definition) is 2. The van der Waals surface area contributed by atoms with E-state index in [0.29, 0.717) is 0 Å². The second kappa shape index (κ2) is 10.7. The van der Waals surface area contributed by atoms with Gasteiger partial charge in [0.15, 0.2) is 5.96 Å². The maximum Gasteiger partial charge on any atom is 0.190 e. The summed E-state index contributed by atoms with van der Waals surface area (Å²) in [7, 11) is 1.76. The topological polar surface area (TPSA) is 49.3 Å². The normalized spacial score (nSPS) is 11.2. The molecule has 0 unspecified atom stereocenters. The molecule has 0 bridgehead atoms. The largest absolute Gasteiger partial charge is 0.356 e. The Morgan fingerprint density at radius 3 is 2.40 bits per heavy atom. The van der Waals surface area contributed by atoms with Gasteiger partial charge in [-0.05, 0) is 50.5 Å². The highest BCUT2D eigenvalue weighted by Crippen LogP contribution is 2.17. The molecule has 0 radical (unpaired) electrons. The Labute approximate surface area is 170 Å². The van der Waals surface area contributed by atoms with Crippen LogP contribution in [0.2, 0.25) is 0 Å². The van der Waals surface area contributed by atoms with E-state index < -0.39 is 0 Å². The Morgan fingerprint density at radius 2 is 1.84 bits per heavy atom. The first-order valence-electron chi connectivity index (χ1n) is 8.12. The summed E-state index contributed by atoms with van der Waals surface area (Å²) in [6, 6.07) is 4.92. The van der Waals surface area contributed by atoms with Crippen molar-refractivity contribution in [3.8, 4) is 0 Å². The van der Waals surface area contributed by atoms with Crippen LogP contribution in [0.1, 0.15) is 26.7 Å². The number of nitrogens with zero attached hydrogens (tertiary/aromatic N) is 2. The van der Waals surface area contributed by atoms with E-state index in [2.05, 4.69) is 27.5 Å². The van der Waals surface area contributed by atoms with Gasteiger partial charge in [-0.25, -0.2) is 9.37 Å². The number of rotatable bonds is 6. The van der Waals surface area contributed by atoms with Crippen LogP contribution in [0.3, 0.4) is 0 Å². The molecule has 2 rings (SSSR count). The van der Waals surface area contributed by atoms with Gasteiger partial charge in [-0.3, -0.25) is 4.99 Å². The van der Waals surface area contributed by atoms with Gasteiger partial charge in [0.1, 0.15) is 5.82 Å². The highest BCUT2D eigenvalue weighted by Gasteiger charge is 2.05. The molecule has 0 saturated heterocycles. The Kier molecular flexibility index (Phi) is 9.34. The van der Waals surface area contributed by atoms with E-state index in [1.165, 1.54) is 10.9 Å². The zero-order valence-corrected chi connectivity index (χ0v) is 18.3. The summed E-state index contributed by atoms with van der Waals surface area (Å²) in [5.74, 6) is 0.601. The number of nitrogens with one attached hydrogen (secondary N) is 2. The summed E-state index contributed by atoms with van der Waals surface area (Å²) in [4.78, 5) is 10.00. The molecule has 0 fully saturated rings. The minimum atomic E-state index is -0.185. The lowest BCUT2D eigenvalue weighted by molar-refractivity contribution is 0.625. The van der Waals surface area contributed by atoms with E-state index in [-0.39, 0.29) is 29.8 Å². The molecule has 0 aliphatic carbocycles. The standard InChI is InChI=1S/C18H25FN4S.HI/c1-12-11-16(19)6-5-15(12)7-9-21-18(20-4)22-10-8-17-13(2)23-14(3)24-17;/h5-6,11H,7-10H2,1-4H3,(H2,20,21,22);1H. The van der Waals surface area contributed by atoms with Gasteiger partial charge in [0.25, 0.3) is 0 Å². The molecular formula is C18H26FIN4S. The van der Waals surface area contributed by atoms with Crippen LogP contribution < -0.4 is 10.6 Å². The van der Waals surface area contributed by atoms with Crippen LogP contribution >= 0.6 is 35.3 Å². The molecule has 0 spiro atoms. The lowest BCUT2D eigenvalue weighted by Crippen LogP contribution is -2.39. The molecule has 0 atom stereocenters. The summed E-state index contributed by atoms with van der Waals surface area (Å²) >= 11 is 1.75. The second-order valence-electron chi connectivity index (χ2n) is 5.74. The van der Waals surface area contributed by atoms with E-state index in [1.54, 1.807) is 24.5 Å². The summed E-state index contributed by atoms with van der Waals surface area (Å²) in [5, 5.41) is 7.73. The third-order valence-corrected chi connectivity index (χ3v) is 4.99. The third kappa shape index (κ3) is 6.89. The molecule has 0 aliphatic heterocycles. The molecule has 2 aromatic rings. The van der Waals surface area contributed by atoms with Gasteiger partial charge in [-0.1, -0.05) is 6.07 Å². The van der Waals surface area contributed by atoms with E-state index in [9.17, 15) is 4.39 Å². The van der Waals surface area contributed by atoms with Crippen molar-refractivity contribution in [3.05, 3.63) is 50.7 Å². The first-order valence-corrected chi connectivity index (χ1v) is 8.93. The lowest BCUT2D eigenvalue weighted by atomic mass is 10.1. The molecule has 7 heteroatoms. The van der Waals surface area contributed by atoms with Gasteiger partial charge in [0, 0.05) is 31.4 Å². The van der Waals surface area contributed by atoms with Gasteiger partial charge in [0.05, 0.1) is 10.7 Å². The van der Waals surface area contributed by atoms with Crippen molar-refractivity contribution >= 4 is 41.3 Å². The number of benzene rings is 1. The monoisotopic (exact) mass is 476 g/mol. The fourth-order valence-electron chi connectivity index (χ4n) is 2.58. The van der Waals surface area contributed by atoms with E-state index >= 15 is 0 Å². The average molecular weight is 476 g/mol. The van der Waals surface area contributed by atoms with Gasteiger partial charge in [-0.15, -0.1) is 35.3 Å². The number of guanidine groups is 1. The van der Waals surface area contributed by atoms with E-state index in [4.69, 9.17) is 0 Å². The highest BCUT2D eigenvalue weighted by atomic mass is 127. The van der Waals surface area contributed by atoms with E-state index in [1.807, 2.05) is 19.9 Å². The molecule has 0 amide bonds. The quantitative estimate of drug-likeness (QED) is 0.379. The van der Waals surface area contributed by atoms with Crippen LogP contribution in [0.4, 0.5) is 4.39 Å². The highest BCUT2D eigenvalue weighted by molar-refractivity contribution is 14.0. The molecular weight excluding hydrogens is 450 g/mol. The second-order valence-corrected chi connectivity index (χ2v) is 7.03. The first-order chi connectivity index (χ1) is 11.5. The van der Waals surface area contributed by atoms with Gasteiger partial charge in [0.2, 0.25) is 0 Å². The molecule has 0 saturated carbocycles. The predicted octanol–water partition coefficient (Wildman–Crippen LogP) is 3.78. The number of hydrogen-bond acceptors (Lipinski definition) is 3. The van der Waals surface area contributed by atoms with Crippen molar-refractivity contribution in [2.45, 2.75) is 33.6 Å². The minimum absolute atomic E-state index is 0. The van der Waals surface area contributed by atoms with Crippen LogP contribution in [0.15, 0.2) is 23.2 Å². The van der Waals surface area contributed by atoms with Gasteiger partial charge in [-0.2, -0.15) is 0 Å². The van der Waals surface area contributed by atoms with Crippen molar-refractivity contribution < 1.29 is 4.39 Å². The number of halogens is 2. The van der Waals surface area contributed by atoms with E-state index in [0.717, 1.165) is 53.7 Å². The molecule has 25 heavy (non-hydrogen) atoms. The molecule has 138 valence electrons. The third-order valence-electron chi connectivity index (χ3n) is 3.86. The Balaban J connectivity index is 0.00000312. The Bertz CT molecular complexity index is 715. The fourth-order valence-corrected chi connectivity index (χ4v) is 3.51. The molecule has 2 N–H and O–H groups in total. The molecule has 1 heterocycles. The van der Waals surface area contributed by atoms with Crippen molar-refractivity contribution in [2.75, 3.05) is 20.1 Å². The van der Waals surface area contributed by atoms with Crippen molar-refractivity contribution in [1.82, 2.24) is 15.6 Å². The Morgan fingerprint density at radius 1 is 1.16 bits per heavy atom.